The Balaban J connectivity index is 1.87. The van der Waals surface area contributed by atoms with Gasteiger partial charge in [0, 0.05) is 12.1 Å². The van der Waals surface area contributed by atoms with E-state index in [4.69, 9.17) is 32.7 Å². The van der Waals surface area contributed by atoms with Crippen LogP contribution in [0.1, 0.15) is 23.6 Å². The van der Waals surface area contributed by atoms with E-state index in [1.54, 1.807) is 48.5 Å². The number of nitro groups is 1. The van der Waals surface area contributed by atoms with Crippen molar-refractivity contribution in [3.63, 3.8) is 0 Å². The van der Waals surface area contributed by atoms with Gasteiger partial charge >= 0.3 is 0 Å². The molecule has 0 atom stereocenters. The van der Waals surface area contributed by atoms with Gasteiger partial charge in [0.25, 0.3) is 5.69 Å². The van der Waals surface area contributed by atoms with E-state index in [-0.39, 0.29) is 12.3 Å². The first-order chi connectivity index (χ1) is 15.4. The van der Waals surface area contributed by atoms with E-state index >= 15 is 0 Å². The van der Waals surface area contributed by atoms with Crippen molar-refractivity contribution in [2.24, 2.45) is 0 Å². The smallest absolute Gasteiger partial charge is 0.270 e. The maximum absolute atomic E-state index is 11.0. The number of hydrogen-bond donors (Lipinski definition) is 0. The summed E-state index contributed by atoms with van der Waals surface area (Å²) in [7, 11) is 0. The average molecular weight is 469 g/mol. The number of hydrogen-bond acceptors (Lipinski definition) is 5. The molecule has 0 N–H and O–H groups in total. The first-order valence-corrected chi connectivity index (χ1v) is 10.4. The Morgan fingerprint density at radius 3 is 2.56 bits per heavy atom. The third-order valence-electron chi connectivity index (χ3n) is 4.45. The molecule has 0 aliphatic heterocycles. The predicted molar refractivity (Wildman–Crippen MR) is 125 cm³/mol. The van der Waals surface area contributed by atoms with Crippen molar-refractivity contribution in [1.82, 2.24) is 0 Å². The van der Waals surface area contributed by atoms with Crippen molar-refractivity contribution >= 4 is 40.5 Å². The zero-order valence-electron chi connectivity index (χ0n) is 17.0. The lowest BCUT2D eigenvalue weighted by Crippen LogP contribution is -2.00. The zero-order valence-corrected chi connectivity index (χ0v) is 18.6. The molecule has 0 heterocycles. The lowest BCUT2D eigenvalue weighted by molar-refractivity contribution is -0.384. The Bertz CT molecular complexity index is 1220. The Morgan fingerprint density at radius 2 is 1.88 bits per heavy atom. The highest BCUT2D eigenvalue weighted by Gasteiger charge is 2.11. The molecule has 0 aromatic heterocycles. The van der Waals surface area contributed by atoms with Crippen molar-refractivity contribution in [2.45, 2.75) is 13.5 Å². The van der Waals surface area contributed by atoms with Crippen molar-refractivity contribution in [2.75, 3.05) is 6.61 Å². The first-order valence-electron chi connectivity index (χ1n) is 9.61. The minimum Gasteiger partial charge on any atom is -0.490 e. The molecule has 3 rings (SSSR count). The number of ether oxygens (including phenoxy) is 2. The first kappa shape index (κ1) is 23.1. The van der Waals surface area contributed by atoms with Crippen LogP contribution in [-0.4, -0.2) is 11.5 Å². The zero-order chi connectivity index (χ0) is 23.1. The summed E-state index contributed by atoms with van der Waals surface area (Å²) >= 11 is 12.0. The Morgan fingerprint density at radius 1 is 1.06 bits per heavy atom. The highest BCUT2D eigenvalue weighted by molar-refractivity contribution is 6.42. The van der Waals surface area contributed by atoms with Gasteiger partial charge < -0.3 is 9.47 Å². The van der Waals surface area contributed by atoms with E-state index < -0.39 is 4.92 Å². The lowest BCUT2D eigenvalue weighted by atomic mass is 10.0. The van der Waals surface area contributed by atoms with Crippen LogP contribution in [0.25, 0.3) is 11.6 Å². The highest BCUT2D eigenvalue weighted by Crippen LogP contribution is 2.32. The predicted octanol–water partition coefficient (Wildman–Crippen LogP) is 6.94. The lowest BCUT2D eigenvalue weighted by Gasteiger charge is -2.13. The summed E-state index contributed by atoms with van der Waals surface area (Å²) in [5.74, 6) is 1.04. The molecule has 0 aliphatic carbocycles. The maximum atomic E-state index is 11.0. The van der Waals surface area contributed by atoms with Gasteiger partial charge in [-0.3, -0.25) is 10.1 Å². The summed E-state index contributed by atoms with van der Waals surface area (Å²) in [5.41, 5.74) is 2.21. The van der Waals surface area contributed by atoms with E-state index in [1.165, 1.54) is 12.1 Å². The van der Waals surface area contributed by atoms with Gasteiger partial charge in [0.2, 0.25) is 0 Å². The van der Waals surface area contributed by atoms with Gasteiger partial charge in [-0.05, 0) is 54.0 Å². The fourth-order valence-electron chi connectivity index (χ4n) is 2.93. The third-order valence-corrected chi connectivity index (χ3v) is 5.18. The quantitative estimate of drug-likeness (QED) is 0.154. The Kier molecular flexibility index (Phi) is 7.72. The second kappa shape index (κ2) is 10.7. The molecule has 0 fully saturated rings. The molecule has 3 aromatic rings. The molecule has 32 heavy (non-hydrogen) atoms. The van der Waals surface area contributed by atoms with E-state index in [0.29, 0.717) is 44.9 Å². The van der Waals surface area contributed by atoms with Crippen LogP contribution in [0.4, 0.5) is 5.69 Å². The molecule has 6 nitrogen and oxygen atoms in total. The van der Waals surface area contributed by atoms with Gasteiger partial charge in [-0.1, -0.05) is 47.5 Å². The van der Waals surface area contributed by atoms with Crippen molar-refractivity contribution in [3.05, 3.63) is 97.5 Å². The molecule has 0 amide bonds. The molecule has 8 heteroatoms. The summed E-state index contributed by atoms with van der Waals surface area (Å²) in [6.07, 6.45) is 1.64. The van der Waals surface area contributed by atoms with Crippen LogP contribution < -0.4 is 9.47 Å². The SMILES string of the molecule is CCOc1cc(/C=C(/C#N)c2cccc([N+](=O)[O-])c2)ccc1OCc1ccc(Cl)c(Cl)c1. The van der Waals surface area contributed by atoms with Crippen LogP contribution in [0.3, 0.4) is 0 Å². The molecular weight excluding hydrogens is 451 g/mol. The van der Waals surface area contributed by atoms with Crippen molar-refractivity contribution in [3.8, 4) is 17.6 Å². The van der Waals surface area contributed by atoms with Gasteiger partial charge in [0.05, 0.1) is 33.2 Å². The summed E-state index contributed by atoms with van der Waals surface area (Å²) < 4.78 is 11.6. The number of rotatable bonds is 8. The number of allylic oxidation sites excluding steroid dienone is 1. The van der Waals surface area contributed by atoms with Crippen LogP contribution in [0.15, 0.2) is 60.7 Å². The minimum absolute atomic E-state index is 0.0790. The fourth-order valence-corrected chi connectivity index (χ4v) is 3.25. The number of benzene rings is 3. The van der Waals surface area contributed by atoms with Crippen molar-refractivity contribution < 1.29 is 14.4 Å². The van der Waals surface area contributed by atoms with E-state index in [0.717, 1.165) is 5.56 Å². The number of nitro benzene ring substituents is 1. The van der Waals surface area contributed by atoms with Gasteiger partial charge in [-0.25, -0.2) is 0 Å². The molecule has 0 aliphatic rings. The van der Waals surface area contributed by atoms with E-state index in [1.807, 2.05) is 13.0 Å². The van der Waals surface area contributed by atoms with Gasteiger partial charge in [0.15, 0.2) is 11.5 Å². The minimum atomic E-state index is -0.494. The molecule has 0 spiro atoms. The maximum Gasteiger partial charge on any atom is 0.270 e. The summed E-state index contributed by atoms with van der Waals surface area (Å²) in [4.78, 5) is 10.5. The number of nitriles is 1. The summed E-state index contributed by atoms with van der Waals surface area (Å²) in [5, 5.41) is 21.5. The molecule has 0 unspecified atom stereocenters. The number of nitrogens with zero attached hydrogens (tertiary/aromatic N) is 2. The Labute approximate surface area is 195 Å². The summed E-state index contributed by atoms with van der Waals surface area (Å²) in [6, 6.07) is 18.6. The van der Waals surface area contributed by atoms with Crippen LogP contribution in [-0.2, 0) is 6.61 Å². The van der Waals surface area contributed by atoms with Crippen LogP contribution >= 0.6 is 23.2 Å². The van der Waals surface area contributed by atoms with Crippen molar-refractivity contribution in [1.29, 1.82) is 5.26 Å². The van der Waals surface area contributed by atoms with Crippen LogP contribution in [0.2, 0.25) is 10.0 Å². The molecule has 3 aromatic carbocycles. The molecule has 0 bridgehead atoms. The second-order valence-electron chi connectivity index (χ2n) is 6.65. The van der Waals surface area contributed by atoms with Gasteiger partial charge in [-0.2, -0.15) is 5.26 Å². The average Bonchev–Trinajstić information content (AvgIpc) is 2.79. The van der Waals surface area contributed by atoms with Gasteiger partial charge in [-0.15, -0.1) is 0 Å². The standard InChI is InChI=1S/C24H18Cl2N2O4/c1-2-31-24-12-16(10-19(14-27)18-4-3-5-20(13-18)28(29)30)7-9-23(24)32-15-17-6-8-21(25)22(26)11-17/h3-13H,2,15H2,1H3/b19-10-. The number of halogens is 2. The number of non-ortho nitro benzene ring substituents is 1. The molecule has 0 saturated heterocycles. The Hall–Kier alpha value is -3.53. The molecular formula is C24H18Cl2N2O4. The highest BCUT2D eigenvalue weighted by atomic mass is 35.5. The monoisotopic (exact) mass is 468 g/mol. The van der Waals surface area contributed by atoms with Gasteiger partial charge in [0.1, 0.15) is 6.61 Å². The van der Waals surface area contributed by atoms with Crippen LogP contribution in [0.5, 0.6) is 11.5 Å². The fraction of sp³-hybridized carbons (Fsp3) is 0.125. The largest absolute Gasteiger partial charge is 0.490 e. The topological polar surface area (TPSA) is 85.4 Å². The second-order valence-corrected chi connectivity index (χ2v) is 7.47. The van der Waals surface area contributed by atoms with Crippen LogP contribution in [0, 0.1) is 21.4 Å². The molecule has 0 saturated carbocycles. The van der Waals surface area contributed by atoms with E-state index in [2.05, 4.69) is 6.07 Å². The third kappa shape index (κ3) is 5.79. The molecule has 162 valence electrons. The van der Waals surface area contributed by atoms with E-state index in [9.17, 15) is 15.4 Å². The summed E-state index contributed by atoms with van der Waals surface area (Å²) in [6.45, 7) is 2.55. The normalized spacial score (nSPS) is 11.0. The molecule has 0 radical (unpaired) electrons.